The van der Waals surface area contributed by atoms with Crippen LogP contribution in [0.15, 0.2) is 54.6 Å². The monoisotopic (exact) mass is 320 g/mol. The van der Waals surface area contributed by atoms with Crippen molar-refractivity contribution < 1.29 is 14.4 Å². The second-order valence-electron chi connectivity index (χ2n) is 6.30. The largest absolute Gasteiger partial charge is 0.308 e. The van der Waals surface area contributed by atoms with Gasteiger partial charge in [0.15, 0.2) is 0 Å². The van der Waals surface area contributed by atoms with E-state index in [1.54, 1.807) is 4.90 Å². The Kier molecular flexibility index (Phi) is 3.23. The van der Waals surface area contributed by atoms with Crippen molar-refractivity contribution in [2.24, 2.45) is 0 Å². The highest BCUT2D eigenvalue weighted by atomic mass is 16.2. The van der Waals surface area contributed by atoms with Gasteiger partial charge < -0.3 is 4.90 Å². The standard InChI is InChI=1S/C19H16N2O3/c22-16-10-19(18(24)20-16)11-17(23)21(12-13-6-2-1-3-7-13)15-9-5-4-8-14(15)19/h1-9H,10-12H2,(H,20,22,24)/t19-/m0/s1. The van der Waals surface area contributed by atoms with Crippen LogP contribution in [0, 0.1) is 0 Å². The number of fused-ring (bicyclic) bond motifs is 2. The normalized spacial score (nSPS) is 22.7. The van der Waals surface area contributed by atoms with Gasteiger partial charge in [-0.05, 0) is 17.2 Å². The predicted molar refractivity (Wildman–Crippen MR) is 88.1 cm³/mol. The van der Waals surface area contributed by atoms with Crippen molar-refractivity contribution in [3.05, 3.63) is 65.7 Å². The predicted octanol–water partition coefficient (Wildman–Crippen LogP) is 1.91. The van der Waals surface area contributed by atoms with Gasteiger partial charge in [-0.3, -0.25) is 19.7 Å². The highest BCUT2D eigenvalue weighted by Crippen LogP contribution is 2.45. The second-order valence-corrected chi connectivity index (χ2v) is 6.30. The Hall–Kier alpha value is -2.95. The van der Waals surface area contributed by atoms with E-state index in [0.717, 1.165) is 11.1 Å². The Bertz CT molecular complexity index is 847. The van der Waals surface area contributed by atoms with Crippen LogP contribution in [0.1, 0.15) is 24.0 Å². The molecule has 24 heavy (non-hydrogen) atoms. The minimum atomic E-state index is -1.06. The maximum atomic E-state index is 12.8. The molecule has 2 heterocycles. The summed E-state index contributed by atoms with van der Waals surface area (Å²) in [6, 6.07) is 17.1. The van der Waals surface area contributed by atoms with Gasteiger partial charge in [-0.25, -0.2) is 0 Å². The van der Waals surface area contributed by atoms with E-state index >= 15 is 0 Å². The van der Waals surface area contributed by atoms with Crippen LogP contribution in [-0.2, 0) is 26.3 Å². The van der Waals surface area contributed by atoms with E-state index in [4.69, 9.17) is 0 Å². The molecule has 0 aromatic heterocycles. The Morgan fingerprint density at radius 2 is 1.62 bits per heavy atom. The first kappa shape index (κ1) is 14.6. The van der Waals surface area contributed by atoms with Crippen molar-refractivity contribution in [2.45, 2.75) is 24.8 Å². The van der Waals surface area contributed by atoms with E-state index < -0.39 is 5.41 Å². The number of hydrogen-bond acceptors (Lipinski definition) is 3. The first-order valence-corrected chi connectivity index (χ1v) is 7.88. The third kappa shape index (κ3) is 2.12. The van der Waals surface area contributed by atoms with Crippen LogP contribution < -0.4 is 10.2 Å². The van der Waals surface area contributed by atoms with Crippen LogP contribution in [0.5, 0.6) is 0 Å². The maximum absolute atomic E-state index is 12.8. The minimum absolute atomic E-state index is 0.0222. The SMILES string of the molecule is O=C1C[C@@]2(CC(=O)N(Cc3ccccc3)c3ccccc32)C(=O)N1. The molecule has 2 aliphatic rings. The Labute approximate surface area is 139 Å². The smallest absolute Gasteiger partial charge is 0.238 e. The molecule has 0 unspecified atom stereocenters. The molecule has 1 spiro atoms. The number of imide groups is 1. The fraction of sp³-hybridized carbons (Fsp3) is 0.211. The Balaban J connectivity index is 1.80. The van der Waals surface area contributed by atoms with Gasteiger partial charge in [-0.15, -0.1) is 0 Å². The zero-order valence-corrected chi connectivity index (χ0v) is 13.0. The lowest BCUT2D eigenvalue weighted by Crippen LogP contribution is -2.47. The Morgan fingerprint density at radius 3 is 2.33 bits per heavy atom. The number of rotatable bonds is 2. The van der Waals surface area contributed by atoms with Crippen molar-refractivity contribution in [3.63, 3.8) is 0 Å². The number of benzene rings is 2. The molecular weight excluding hydrogens is 304 g/mol. The van der Waals surface area contributed by atoms with Crippen LogP contribution in [-0.4, -0.2) is 17.7 Å². The number of carbonyl (C=O) groups excluding carboxylic acids is 3. The molecule has 4 rings (SSSR count). The third-order valence-electron chi connectivity index (χ3n) is 4.80. The zero-order valence-electron chi connectivity index (χ0n) is 13.0. The maximum Gasteiger partial charge on any atom is 0.238 e. The second kappa shape index (κ2) is 5.30. The fourth-order valence-corrected chi connectivity index (χ4v) is 3.64. The summed E-state index contributed by atoms with van der Waals surface area (Å²) in [5.74, 6) is -0.825. The van der Waals surface area contributed by atoms with Gasteiger partial charge in [0.2, 0.25) is 17.7 Å². The lowest BCUT2D eigenvalue weighted by atomic mass is 9.72. The summed E-state index contributed by atoms with van der Waals surface area (Å²) in [5.41, 5.74) is 1.42. The van der Waals surface area contributed by atoms with Crippen molar-refractivity contribution >= 4 is 23.4 Å². The molecule has 2 aliphatic heterocycles. The van der Waals surface area contributed by atoms with Crippen molar-refractivity contribution in [1.82, 2.24) is 5.32 Å². The molecule has 1 saturated heterocycles. The highest BCUT2D eigenvalue weighted by Gasteiger charge is 2.53. The van der Waals surface area contributed by atoms with Gasteiger partial charge in [-0.2, -0.15) is 0 Å². The van der Waals surface area contributed by atoms with Crippen molar-refractivity contribution in [1.29, 1.82) is 0 Å². The van der Waals surface area contributed by atoms with Gasteiger partial charge >= 0.3 is 0 Å². The molecule has 2 aromatic carbocycles. The minimum Gasteiger partial charge on any atom is -0.308 e. The van der Waals surface area contributed by atoms with Gasteiger partial charge in [0.05, 0.1) is 12.0 Å². The zero-order chi connectivity index (χ0) is 16.7. The van der Waals surface area contributed by atoms with Crippen LogP contribution in [0.2, 0.25) is 0 Å². The molecule has 0 saturated carbocycles. The molecule has 3 amide bonds. The van der Waals surface area contributed by atoms with Gasteiger partial charge in [0.1, 0.15) is 0 Å². The molecular formula is C19H16N2O3. The molecule has 120 valence electrons. The third-order valence-corrected chi connectivity index (χ3v) is 4.80. The summed E-state index contributed by atoms with van der Waals surface area (Å²) in [4.78, 5) is 38.7. The number of hydrogen-bond donors (Lipinski definition) is 1. The number of nitrogens with one attached hydrogen (secondary N) is 1. The molecule has 0 aliphatic carbocycles. The molecule has 1 N–H and O–H groups in total. The molecule has 0 radical (unpaired) electrons. The van der Waals surface area contributed by atoms with Crippen LogP contribution >= 0.6 is 0 Å². The number of para-hydroxylation sites is 1. The lowest BCUT2D eigenvalue weighted by Gasteiger charge is -2.38. The molecule has 2 aromatic rings. The van der Waals surface area contributed by atoms with Crippen LogP contribution in [0.25, 0.3) is 0 Å². The molecule has 0 bridgehead atoms. The number of carbonyl (C=O) groups is 3. The molecule has 1 atom stereocenters. The summed E-state index contributed by atoms with van der Waals surface area (Å²) in [6.45, 7) is 0.447. The first-order chi connectivity index (χ1) is 11.6. The van der Waals surface area contributed by atoms with Gasteiger partial charge in [0, 0.05) is 18.5 Å². The van der Waals surface area contributed by atoms with E-state index in [2.05, 4.69) is 5.32 Å². The summed E-state index contributed by atoms with van der Waals surface area (Å²) in [7, 11) is 0. The van der Waals surface area contributed by atoms with Gasteiger partial charge in [0.25, 0.3) is 0 Å². The van der Waals surface area contributed by atoms with E-state index in [0.29, 0.717) is 12.2 Å². The summed E-state index contributed by atoms with van der Waals surface area (Å²) >= 11 is 0. The van der Waals surface area contributed by atoms with E-state index in [1.165, 1.54) is 0 Å². The summed E-state index contributed by atoms with van der Waals surface area (Å²) in [6.07, 6.45) is 0.0577. The molecule has 1 fully saturated rings. The lowest BCUT2D eigenvalue weighted by molar-refractivity contribution is -0.130. The fourth-order valence-electron chi connectivity index (χ4n) is 3.64. The average molecular weight is 320 g/mol. The first-order valence-electron chi connectivity index (χ1n) is 7.88. The van der Waals surface area contributed by atoms with Crippen LogP contribution in [0.4, 0.5) is 5.69 Å². The summed E-state index contributed by atoms with van der Waals surface area (Å²) < 4.78 is 0. The van der Waals surface area contributed by atoms with E-state index in [-0.39, 0.29) is 30.6 Å². The average Bonchev–Trinajstić information content (AvgIpc) is 2.86. The topological polar surface area (TPSA) is 66.5 Å². The number of amides is 3. The molecule has 5 heteroatoms. The Morgan fingerprint density at radius 1 is 0.917 bits per heavy atom. The van der Waals surface area contributed by atoms with Crippen LogP contribution in [0.3, 0.4) is 0 Å². The van der Waals surface area contributed by atoms with Crippen molar-refractivity contribution in [2.75, 3.05) is 4.90 Å². The van der Waals surface area contributed by atoms with Gasteiger partial charge in [-0.1, -0.05) is 48.5 Å². The number of anilines is 1. The quantitative estimate of drug-likeness (QED) is 0.860. The number of nitrogens with zero attached hydrogens (tertiary/aromatic N) is 1. The van der Waals surface area contributed by atoms with E-state index in [1.807, 2.05) is 54.6 Å². The van der Waals surface area contributed by atoms with Crippen molar-refractivity contribution in [3.8, 4) is 0 Å². The van der Waals surface area contributed by atoms with E-state index in [9.17, 15) is 14.4 Å². The highest BCUT2D eigenvalue weighted by molar-refractivity contribution is 6.14. The molecule has 5 nitrogen and oxygen atoms in total. The summed E-state index contributed by atoms with van der Waals surface area (Å²) in [5, 5.41) is 2.35.